The average Bonchev–Trinajstić information content (AvgIpc) is 2.47. The lowest BCUT2D eigenvalue weighted by atomic mass is 9.86. The number of hydrogen-bond acceptors (Lipinski definition) is 2. The van der Waals surface area contributed by atoms with Gasteiger partial charge in [-0.05, 0) is 43.4 Å². The van der Waals surface area contributed by atoms with Crippen LogP contribution in [-0.4, -0.2) is 28.8 Å². The topological polar surface area (TPSA) is 49.4 Å². The Labute approximate surface area is 126 Å². The third kappa shape index (κ3) is 2.55. The molecule has 21 heavy (non-hydrogen) atoms. The summed E-state index contributed by atoms with van der Waals surface area (Å²) in [6.07, 6.45) is 1.26. The highest BCUT2D eigenvalue weighted by molar-refractivity contribution is 5.97. The van der Waals surface area contributed by atoms with Crippen molar-refractivity contribution in [1.29, 1.82) is 0 Å². The van der Waals surface area contributed by atoms with Gasteiger partial charge in [0.1, 0.15) is 5.54 Å². The van der Waals surface area contributed by atoms with Gasteiger partial charge in [0, 0.05) is 6.54 Å². The van der Waals surface area contributed by atoms with Crippen LogP contribution in [0.3, 0.4) is 0 Å². The number of amides is 2. The van der Waals surface area contributed by atoms with Crippen molar-refractivity contribution in [3.8, 4) is 0 Å². The Balaban J connectivity index is 2.43. The Morgan fingerprint density at radius 3 is 2.24 bits per heavy atom. The summed E-state index contributed by atoms with van der Waals surface area (Å²) in [6.45, 7) is 8.66. The second-order valence-electron chi connectivity index (χ2n) is 5.77. The van der Waals surface area contributed by atoms with E-state index in [1.54, 1.807) is 4.90 Å². The van der Waals surface area contributed by atoms with Gasteiger partial charge < -0.3 is 10.2 Å². The fourth-order valence-corrected chi connectivity index (χ4v) is 3.23. The molecule has 1 fully saturated rings. The molecule has 0 bridgehead atoms. The summed E-state index contributed by atoms with van der Waals surface area (Å²) in [6, 6.07) is 6.12. The van der Waals surface area contributed by atoms with E-state index in [4.69, 9.17) is 0 Å². The van der Waals surface area contributed by atoms with Gasteiger partial charge in [0.25, 0.3) is 0 Å². The smallest absolute Gasteiger partial charge is 0.246 e. The summed E-state index contributed by atoms with van der Waals surface area (Å²) < 4.78 is 0. The first-order valence-electron chi connectivity index (χ1n) is 7.60. The molecule has 4 nitrogen and oxygen atoms in total. The van der Waals surface area contributed by atoms with Crippen molar-refractivity contribution in [2.75, 3.05) is 6.54 Å². The maximum Gasteiger partial charge on any atom is 0.246 e. The summed E-state index contributed by atoms with van der Waals surface area (Å²) in [5.41, 5.74) is 2.75. The third-order valence-corrected chi connectivity index (χ3v) is 4.77. The molecule has 1 aromatic rings. The van der Waals surface area contributed by atoms with Crippen LogP contribution < -0.4 is 5.32 Å². The van der Waals surface area contributed by atoms with Crippen molar-refractivity contribution < 1.29 is 9.59 Å². The molecule has 0 radical (unpaired) electrons. The molecule has 0 atom stereocenters. The number of carbonyl (C=O) groups is 2. The Hall–Kier alpha value is -1.84. The average molecular weight is 288 g/mol. The predicted molar refractivity (Wildman–Crippen MR) is 82.8 cm³/mol. The molecule has 1 aliphatic rings. The molecule has 114 valence electrons. The van der Waals surface area contributed by atoms with Crippen LogP contribution >= 0.6 is 0 Å². The number of nitrogens with one attached hydrogen (secondary N) is 1. The first kappa shape index (κ1) is 15.5. The lowest BCUT2D eigenvalue weighted by molar-refractivity contribution is -0.155. The molecule has 0 aromatic heterocycles. The number of rotatable bonds is 4. The quantitative estimate of drug-likeness (QED) is 0.924. The van der Waals surface area contributed by atoms with Gasteiger partial charge in [-0.15, -0.1) is 0 Å². The molecular weight excluding hydrogens is 264 g/mol. The number of hydrogen-bond donors (Lipinski definition) is 1. The van der Waals surface area contributed by atoms with E-state index < -0.39 is 5.54 Å². The standard InChI is InChI=1S/C17H24N2O2/c1-5-17(6-2)16(21)18-10-15(20)19(17)11-14-12(3)8-7-9-13(14)4/h7-9H,5-6,10-11H2,1-4H3,(H,18,21). The summed E-state index contributed by atoms with van der Waals surface area (Å²) in [5, 5.41) is 2.74. The van der Waals surface area contributed by atoms with Gasteiger partial charge in [-0.3, -0.25) is 9.59 Å². The largest absolute Gasteiger partial charge is 0.345 e. The van der Waals surface area contributed by atoms with Crippen LogP contribution in [0.4, 0.5) is 0 Å². The molecule has 0 aliphatic carbocycles. The monoisotopic (exact) mass is 288 g/mol. The Morgan fingerprint density at radius 1 is 1.14 bits per heavy atom. The Kier molecular flexibility index (Phi) is 4.35. The van der Waals surface area contributed by atoms with Gasteiger partial charge in [0.15, 0.2) is 0 Å². The zero-order chi connectivity index (χ0) is 15.6. The molecule has 1 N–H and O–H groups in total. The van der Waals surface area contributed by atoms with Crippen molar-refractivity contribution in [3.63, 3.8) is 0 Å². The number of carbonyl (C=O) groups excluding carboxylic acids is 2. The first-order chi connectivity index (χ1) is 9.96. The SMILES string of the molecule is CCC1(CC)C(=O)NCC(=O)N1Cc1c(C)cccc1C. The van der Waals surface area contributed by atoms with E-state index in [0.29, 0.717) is 19.4 Å². The van der Waals surface area contributed by atoms with Crippen molar-refractivity contribution in [1.82, 2.24) is 10.2 Å². The Morgan fingerprint density at radius 2 is 1.71 bits per heavy atom. The lowest BCUT2D eigenvalue weighted by Crippen LogP contribution is -2.66. The summed E-state index contributed by atoms with van der Waals surface area (Å²) in [4.78, 5) is 26.6. The number of nitrogens with zero attached hydrogens (tertiary/aromatic N) is 1. The maximum atomic E-state index is 12.4. The zero-order valence-electron chi connectivity index (χ0n) is 13.3. The molecule has 1 aliphatic heterocycles. The van der Waals surface area contributed by atoms with E-state index in [-0.39, 0.29) is 18.4 Å². The minimum atomic E-state index is -0.718. The van der Waals surface area contributed by atoms with Crippen LogP contribution in [0.2, 0.25) is 0 Å². The molecular formula is C17H24N2O2. The van der Waals surface area contributed by atoms with Crippen LogP contribution in [0.1, 0.15) is 43.4 Å². The minimum absolute atomic E-state index is 0.000882. The fraction of sp³-hybridized carbons (Fsp3) is 0.529. The van der Waals surface area contributed by atoms with Gasteiger partial charge in [-0.2, -0.15) is 0 Å². The second kappa shape index (κ2) is 5.88. The van der Waals surface area contributed by atoms with Crippen molar-refractivity contribution in [2.45, 2.75) is 52.6 Å². The Bertz CT molecular complexity index is 542. The van der Waals surface area contributed by atoms with Gasteiger partial charge >= 0.3 is 0 Å². The second-order valence-corrected chi connectivity index (χ2v) is 5.77. The molecule has 0 spiro atoms. The van der Waals surface area contributed by atoms with Crippen LogP contribution in [0.25, 0.3) is 0 Å². The van der Waals surface area contributed by atoms with Gasteiger partial charge in [-0.25, -0.2) is 0 Å². The van der Waals surface area contributed by atoms with Crippen molar-refractivity contribution in [2.24, 2.45) is 0 Å². The number of benzene rings is 1. The summed E-state index contributed by atoms with van der Waals surface area (Å²) in [7, 11) is 0. The van der Waals surface area contributed by atoms with E-state index in [1.165, 1.54) is 0 Å². The number of aryl methyl sites for hydroxylation is 2. The molecule has 2 amide bonds. The maximum absolute atomic E-state index is 12.4. The van der Waals surface area contributed by atoms with Crippen LogP contribution in [0.15, 0.2) is 18.2 Å². The highest BCUT2D eigenvalue weighted by Crippen LogP contribution is 2.30. The van der Waals surface area contributed by atoms with E-state index in [0.717, 1.165) is 16.7 Å². The van der Waals surface area contributed by atoms with Crippen LogP contribution in [0, 0.1) is 13.8 Å². The fourth-order valence-electron chi connectivity index (χ4n) is 3.23. The van der Waals surface area contributed by atoms with Gasteiger partial charge in [-0.1, -0.05) is 32.0 Å². The van der Waals surface area contributed by atoms with E-state index in [2.05, 4.69) is 31.3 Å². The predicted octanol–water partition coefficient (Wildman–Crippen LogP) is 2.32. The third-order valence-electron chi connectivity index (χ3n) is 4.77. The molecule has 0 saturated carbocycles. The molecule has 1 saturated heterocycles. The van der Waals surface area contributed by atoms with Gasteiger partial charge in [0.2, 0.25) is 11.8 Å². The number of piperazine rings is 1. The van der Waals surface area contributed by atoms with E-state index in [9.17, 15) is 9.59 Å². The molecule has 4 heteroatoms. The van der Waals surface area contributed by atoms with Crippen molar-refractivity contribution in [3.05, 3.63) is 34.9 Å². The highest BCUT2D eigenvalue weighted by atomic mass is 16.2. The molecule has 1 aromatic carbocycles. The van der Waals surface area contributed by atoms with Crippen LogP contribution in [0.5, 0.6) is 0 Å². The lowest BCUT2D eigenvalue weighted by Gasteiger charge is -2.45. The minimum Gasteiger partial charge on any atom is -0.345 e. The molecule has 0 unspecified atom stereocenters. The normalized spacial score (nSPS) is 17.8. The van der Waals surface area contributed by atoms with E-state index in [1.807, 2.05) is 19.9 Å². The van der Waals surface area contributed by atoms with Gasteiger partial charge in [0.05, 0.1) is 6.54 Å². The summed E-state index contributed by atoms with van der Waals surface area (Å²) in [5.74, 6) is -0.0284. The van der Waals surface area contributed by atoms with Crippen molar-refractivity contribution >= 4 is 11.8 Å². The van der Waals surface area contributed by atoms with E-state index >= 15 is 0 Å². The summed E-state index contributed by atoms with van der Waals surface area (Å²) >= 11 is 0. The van der Waals surface area contributed by atoms with Crippen LogP contribution in [-0.2, 0) is 16.1 Å². The molecule has 1 heterocycles. The molecule has 2 rings (SSSR count). The zero-order valence-corrected chi connectivity index (χ0v) is 13.3. The first-order valence-corrected chi connectivity index (χ1v) is 7.60. The highest BCUT2D eigenvalue weighted by Gasteiger charge is 2.46.